The summed E-state index contributed by atoms with van der Waals surface area (Å²) in [4.78, 5) is 25.5. The fraction of sp³-hybridized carbons (Fsp3) is 0.941. The van der Waals surface area contributed by atoms with Crippen LogP contribution in [0.2, 0.25) is 0 Å². The molecule has 0 aromatic rings. The monoisotopic (exact) mass is 1340 g/mol. The standard InChI is InChI=1S/C68H126N2O23/c1-4-6-8-10-12-14-16-18-19-20-21-22-23-24-25-27-29-31-33-35-37-39-52(77)70-46(47(76)38-36-34-32-30-28-26-17-15-13-11-9-7-5-2)44-86-66-59(83)57(81)62(50(42-73)89-66)91-67-60(84)58(82)63(51(43-74)90-67)92-68-61(85)64(55(79)49(41-72)88-68)93-65-53(69-45(3)75)56(80)54(78)48(40-71)87-65/h36,38,46-51,53-68,71-74,76,78-85H,4-35,37,39-44H2,1-3H3,(H,69,75)(H,70,77)/b38-36+/t46-,47+,48+,49+,50+,51+,53+,54-,55-,56+,57+,58+,59?,60+,61+,62+,63-,64-,65-,66+,67-,68+/m0/s1. The number of carbonyl (C=O) groups excluding carboxylic acids is 2. The summed E-state index contributed by atoms with van der Waals surface area (Å²) in [5, 5.41) is 148. The van der Waals surface area contributed by atoms with Crippen LogP contribution in [0, 0.1) is 0 Å². The van der Waals surface area contributed by atoms with Crippen LogP contribution in [0.1, 0.15) is 239 Å². The Labute approximate surface area is 553 Å². The zero-order valence-corrected chi connectivity index (χ0v) is 56.3. The van der Waals surface area contributed by atoms with Gasteiger partial charge in [0.25, 0.3) is 0 Å². The fourth-order valence-electron chi connectivity index (χ4n) is 12.8. The first-order chi connectivity index (χ1) is 45.0. The lowest BCUT2D eigenvalue weighted by atomic mass is 9.95. The zero-order chi connectivity index (χ0) is 67.9. The number of amides is 2. The maximum absolute atomic E-state index is 13.4. The smallest absolute Gasteiger partial charge is 0.220 e. The highest BCUT2D eigenvalue weighted by molar-refractivity contribution is 5.76. The third kappa shape index (κ3) is 29.7. The number of hydrogen-bond donors (Lipinski definition) is 15. The summed E-state index contributed by atoms with van der Waals surface area (Å²) in [6.07, 6.45) is 8.46. The van der Waals surface area contributed by atoms with E-state index in [1.54, 1.807) is 6.08 Å². The predicted octanol–water partition coefficient (Wildman–Crippen LogP) is 4.12. The molecule has 0 bridgehead atoms. The quantitative estimate of drug-likeness (QED) is 0.0301. The molecule has 4 aliphatic heterocycles. The van der Waals surface area contributed by atoms with Gasteiger partial charge in [-0.2, -0.15) is 0 Å². The Morgan fingerprint density at radius 1 is 0.419 bits per heavy atom. The summed E-state index contributed by atoms with van der Waals surface area (Å²) in [6.45, 7) is 1.65. The third-order valence-corrected chi connectivity index (χ3v) is 18.6. The lowest BCUT2D eigenvalue weighted by molar-refractivity contribution is -0.386. The Morgan fingerprint density at radius 3 is 1.23 bits per heavy atom. The molecular formula is C68H126N2O23. The molecule has 4 heterocycles. The minimum absolute atomic E-state index is 0.219. The summed E-state index contributed by atoms with van der Waals surface area (Å²) in [6, 6.07) is -2.53. The number of unbranched alkanes of at least 4 members (excludes halogenated alkanes) is 31. The Bertz CT molecular complexity index is 1930. The molecule has 22 atom stereocenters. The molecule has 93 heavy (non-hydrogen) atoms. The van der Waals surface area contributed by atoms with Crippen LogP contribution < -0.4 is 10.6 Å². The zero-order valence-electron chi connectivity index (χ0n) is 56.3. The van der Waals surface area contributed by atoms with Crippen molar-refractivity contribution in [1.82, 2.24) is 10.6 Å². The maximum Gasteiger partial charge on any atom is 0.220 e. The first-order valence-corrected chi connectivity index (χ1v) is 35.9. The highest BCUT2D eigenvalue weighted by Crippen LogP contribution is 2.35. The topological polar surface area (TPSA) is 395 Å². The van der Waals surface area contributed by atoms with E-state index in [-0.39, 0.29) is 12.3 Å². The van der Waals surface area contributed by atoms with E-state index in [0.717, 1.165) is 45.4 Å². The second-order valence-corrected chi connectivity index (χ2v) is 26.4. The number of allylic oxidation sites excluding steroid dienone is 1. The van der Waals surface area contributed by atoms with Crippen molar-refractivity contribution in [3.63, 3.8) is 0 Å². The third-order valence-electron chi connectivity index (χ3n) is 18.6. The van der Waals surface area contributed by atoms with Crippen LogP contribution >= 0.6 is 0 Å². The molecule has 25 heteroatoms. The van der Waals surface area contributed by atoms with E-state index in [2.05, 4.69) is 24.5 Å². The number of aliphatic hydroxyl groups excluding tert-OH is 13. The number of aliphatic hydroxyl groups is 13. The van der Waals surface area contributed by atoms with E-state index in [1.807, 2.05) is 6.08 Å². The van der Waals surface area contributed by atoms with Crippen LogP contribution in [0.25, 0.3) is 0 Å². The van der Waals surface area contributed by atoms with Crippen molar-refractivity contribution in [2.45, 2.75) is 374 Å². The van der Waals surface area contributed by atoms with Crippen molar-refractivity contribution in [3.8, 4) is 0 Å². The second kappa shape index (κ2) is 48.6. The molecule has 2 amide bonds. The van der Waals surface area contributed by atoms with Gasteiger partial charge < -0.3 is 115 Å². The van der Waals surface area contributed by atoms with E-state index in [9.17, 15) is 76.0 Å². The summed E-state index contributed by atoms with van der Waals surface area (Å²) in [5.41, 5.74) is 0. The maximum atomic E-state index is 13.4. The van der Waals surface area contributed by atoms with Crippen LogP contribution in [0.15, 0.2) is 12.2 Å². The van der Waals surface area contributed by atoms with Gasteiger partial charge in [-0.25, -0.2) is 0 Å². The van der Waals surface area contributed by atoms with Gasteiger partial charge in [-0.15, -0.1) is 0 Å². The SMILES string of the molecule is CCCCCCCCCCCCC/C=C/[C@@H](O)[C@H](CO[C@@H]1O[C@H](CO)[C@@H](O[C@@H]2O[C@H](CO)[C@H](O[C@H]3O[C@H](CO)[C@H](O)[C@H](O[C@@H]4O[C@H](CO)[C@H](O)[C@H](O)[C@H]4NC(C)=O)[C@H]3O)[C@H](O)[C@H]2O)[C@H](O)C1O)NC(=O)CCCCCCCCCCCCCCCCCCCCCCC. The largest absolute Gasteiger partial charge is 0.394 e. The average Bonchev–Trinajstić information content (AvgIpc) is 1.36. The average molecular weight is 1340 g/mol. The molecule has 4 saturated heterocycles. The van der Waals surface area contributed by atoms with Crippen molar-refractivity contribution >= 4 is 11.8 Å². The Balaban J connectivity index is 1.29. The van der Waals surface area contributed by atoms with Crippen LogP contribution in [-0.4, -0.2) is 246 Å². The normalized spacial score (nSPS) is 32.4. The van der Waals surface area contributed by atoms with E-state index in [4.69, 9.17) is 37.9 Å². The molecule has 0 aromatic heterocycles. The lowest BCUT2D eigenvalue weighted by Gasteiger charge is -2.49. The van der Waals surface area contributed by atoms with E-state index in [0.29, 0.717) is 12.8 Å². The number of carbonyl (C=O) groups is 2. The van der Waals surface area contributed by atoms with Crippen LogP contribution in [0.4, 0.5) is 0 Å². The van der Waals surface area contributed by atoms with E-state index in [1.165, 1.54) is 161 Å². The lowest BCUT2D eigenvalue weighted by Crippen LogP contribution is -2.69. The molecule has 0 aliphatic carbocycles. The van der Waals surface area contributed by atoms with Crippen molar-refractivity contribution < 1.29 is 114 Å². The van der Waals surface area contributed by atoms with Gasteiger partial charge in [0.15, 0.2) is 25.2 Å². The fourth-order valence-corrected chi connectivity index (χ4v) is 12.8. The predicted molar refractivity (Wildman–Crippen MR) is 345 cm³/mol. The first-order valence-electron chi connectivity index (χ1n) is 35.9. The molecule has 1 unspecified atom stereocenters. The van der Waals surface area contributed by atoms with Gasteiger partial charge in [0, 0.05) is 13.3 Å². The molecule has 4 rings (SSSR count). The number of ether oxygens (including phenoxy) is 8. The molecule has 4 aliphatic rings. The molecule has 546 valence electrons. The first kappa shape index (κ1) is 83.3. The number of hydrogen-bond acceptors (Lipinski definition) is 23. The molecule has 0 aromatic carbocycles. The van der Waals surface area contributed by atoms with Gasteiger partial charge in [0.05, 0.1) is 45.2 Å². The summed E-state index contributed by atoms with van der Waals surface area (Å²) >= 11 is 0. The molecule has 0 saturated carbocycles. The van der Waals surface area contributed by atoms with E-state index >= 15 is 0 Å². The minimum atomic E-state index is -2.10. The van der Waals surface area contributed by atoms with Crippen molar-refractivity contribution in [2.24, 2.45) is 0 Å². The molecule has 15 N–H and O–H groups in total. The Morgan fingerprint density at radius 2 is 0.785 bits per heavy atom. The van der Waals surface area contributed by atoms with Gasteiger partial charge in [0.1, 0.15) is 97.6 Å². The van der Waals surface area contributed by atoms with Crippen LogP contribution in [0.5, 0.6) is 0 Å². The molecule has 0 spiro atoms. The Hall–Kier alpha value is -2.16. The van der Waals surface area contributed by atoms with Gasteiger partial charge in [0.2, 0.25) is 11.8 Å². The minimum Gasteiger partial charge on any atom is -0.394 e. The second-order valence-electron chi connectivity index (χ2n) is 26.4. The molecular weight excluding hydrogens is 1210 g/mol. The van der Waals surface area contributed by atoms with Crippen LogP contribution in [-0.2, 0) is 47.5 Å². The van der Waals surface area contributed by atoms with Crippen molar-refractivity contribution in [3.05, 3.63) is 12.2 Å². The van der Waals surface area contributed by atoms with Gasteiger partial charge in [-0.05, 0) is 19.3 Å². The number of nitrogens with one attached hydrogen (secondary N) is 2. The van der Waals surface area contributed by atoms with Gasteiger partial charge in [-0.1, -0.05) is 219 Å². The van der Waals surface area contributed by atoms with Gasteiger partial charge >= 0.3 is 0 Å². The van der Waals surface area contributed by atoms with Crippen molar-refractivity contribution in [1.29, 1.82) is 0 Å². The highest BCUT2D eigenvalue weighted by atomic mass is 16.8. The van der Waals surface area contributed by atoms with Gasteiger partial charge in [-0.3, -0.25) is 9.59 Å². The number of rotatable bonds is 51. The molecule has 4 fully saturated rings. The highest BCUT2D eigenvalue weighted by Gasteiger charge is 2.56. The van der Waals surface area contributed by atoms with E-state index < -0.39 is 174 Å². The summed E-state index contributed by atoms with van der Waals surface area (Å²) in [7, 11) is 0. The van der Waals surface area contributed by atoms with Crippen LogP contribution in [0.3, 0.4) is 0 Å². The summed E-state index contributed by atoms with van der Waals surface area (Å²) < 4.78 is 46.5. The van der Waals surface area contributed by atoms with Crippen molar-refractivity contribution in [2.75, 3.05) is 33.0 Å². The summed E-state index contributed by atoms with van der Waals surface area (Å²) in [5.74, 6) is -0.999. The molecule has 25 nitrogen and oxygen atoms in total. The molecule has 0 radical (unpaired) electrons. The Kier molecular flexibility index (Phi) is 43.5.